The highest BCUT2D eigenvalue weighted by atomic mass is 19.1. The number of amides is 2. The van der Waals surface area contributed by atoms with Crippen LogP contribution in [-0.4, -0.2) is 81.4 Å². The summed E-state index contributed by atoms with van der Waals surface area (Å²) in [6.45, 7) is 8.52. The molecule has 2 saturated heterocycles. The molecule has 2 amide bonds. The normalized spacial score (nSPS) is 16.4. The Labute approximate surface area is 243 Å². The number of hydrogen-bond donors (Lipinski definition) is 0. The van der Waals surface area contributed by atoms with Gasteiger partial charge in [0.05, 0.1) is 28.1 Å². The van der Waals surface area contributed by atoms with Crippen LogP contribution in [0.1, 0.15) is 55.6 Å². The fourth-order valence-electron chi connectivity index (χ4n) is 5.51. The Hall–Kier alpha value is -4.48. The number of halogens is 1. The lowest BCUT2D eigenvalue weighted by atomic mass is 9.90. The number of likely N-dealkylation sites (tertiary alicyclic amines) is 1. The molecule has 0 atom stereocenters. The average molecular weight is 579 g/mol. The van der Waals surface area contributed by atoms with Crippen LogP contribution in [0.2, 0.25) is 0 Å². The highest BCUT2D eigenvalue weighted by Crippen LogP contribution is 2.34. The van der Waals surface area contributed by atoms with Crippen molar-refractivity contribution >= 4 is 23.4 Å². The van der Waals surface area contributed by atoms with Gasteiger partial charge < -0.3 is 19.4 Å². The number of nitro benzene ring substituents is 1. The SMILES string of the molecule is CC(C)(C)OC(=O)N1CCC(c2c(C(=O)N3CCN(c4ccc([N+](=O)[O-])cc4)CC3)cnn2-c2cccc(F)c2)CC1. The lowest BCUT2D eigenvalue weighted by Gasteiger charge is -2.37. The third kappa shape index (κ3) is 6.37. The van der Waals surface area contributed by atoms with E-state index >= 15 is 0 Å². The molecule has 3 aromatic rings. The molecule has 3 heterocycles. The zero-order valence-electron chi connectivity index (χ0n) is 24.0. The second kappa shape index (κ2) is 11.8. The number of aromatic nitrogens is 2. The number of non-ortho nitro benzene ring substituents is 1. The van der Waals surface area contributed by atoms with Crippen LogP contribution in [0.5, 0.6) is 0 Å². The van der Waals surface area contributed by atoms with Crippen molar-refractivity contribution in [3.8, 4) is 5.69 Å². The molecule has 0 unspecified atom stereocenters. The minimum Gasteiger partial charge on any atom is -0.444 e. The van der Waals surface area contributed by atoms with Crippen LogP contribution in [0.4, 0.5) is 20.6 Å². The zero-order valence-corrected chi connectivity index (χ0v) is 24.0. The molecule has 12 heteroatoms. The summed E-state index contributed by atoms with van der Waals surface area (Å²) >= 11 is 0. The van der Waals surface area contributed by atoms with Crippen LogP contribution >= 0.6 is 0 Å². The number of piperazine rings is 1. The second-order valence-corrected chi connectivity index (χ2v) is 11.6. The molecule has 222 valence electrons. The number of rotatable bonds is 5. The van der Waals surface area contributed by atoms with Crippen LogP contribution < -0.4 is 4.90 Å². The van der Waals surface area contributed by atoms with E-state index in [1.807, 2.05) is 20.8 Å². The predicted molar refractivity (Wildman–Crippen MR) is 155 cm³/mol. The number of nitro groups is 1. The third-order valence-electron chi connectivity index (χ3n) is 7.62. The molecular weight excluding hydrogens is 543 g/mol. The van der Waals surface area contributed by atoms with Crippen molar-refractivity contribution in [2.75, 3.05) is 44.2 Å². The van der Waals surface area contributed by atoms with Crippen molar-refractivity contribution in [1.82, 2.24) is 19.6 Å². The lowest BCUT2D eigenvalue weighted by molar-refractivity contribution is -0.384. The molecule has 0 N–H and O–H groups in total. The van der Waals surface area contributed by atoms with E-state index in [0.29, 0.717) is 69.1 Å². The van der Waals surface area contributed by atoms with E-state index in [4.69, 9.17) is 4.74 Å². The molecular formula is C30H35FN6O5. The zero-order chi connectivity index (χ0) is 30.0. The summed E-state index contributed by atoms with van der Waals surface area (Å²) in [5.74, 6) is -0.621. The van der Waals surface area contributed by atoms with E-state index in [2.05, 4.69) is 10.00 Å². The van der Waals surface area contributed by atoms with Crippen LogP contribution in [0.3, 0.4) is 0 Å². The monoisotopic (exact) mass is 578 g/mol. The fourth-order valence-corrected chi connectivity index (χ4v) is 5.51. The van der Waals surface area contributed by atoms with Crippen LogP contribution in [-0.2, 0) is 4.74 Å². The van der Waals surface area contributed by atoms with Gasteiger partial charge in [-0.1, -0.05) is 6.07 Å². The van der Waals surface area contributed by atoms with Crippen molar-refractivity contribution in [3.63, 3.8) is 0 Å². The Bertz CT molecular complexity index is 1450. The van der Waals surface area contributed by atoms with Gasteiger partial charge in [0.2, 0.25) is 0 Å². The smallest absolute Gasteiger partial charge is 0.410 e. The van der Waals surface area contributed by atoms with E-state index in [-0.39, 0.29) is 23.6 Å². The van der Waals surface area contributed by atoms with E-state index in [1.54, 1.807) is 44.9 Å². The highest BCUT2D eigenvalue weighted by Gasteiger charge is 2.34. The van der Waals surface area contributed by atoms with Gasteiger partial charge in [-0.05, 0) is 63.9 Å². The van der Waals surface area contributed by atoms with Gasteiger partial charge in [-0.2, -0.15) is 5.10 Å². The summed E-state index contributed by atoms with van der Waals surface area (Å²) in [7, 11) is 0. The standard InChI is InChI=1S/C30H35FN6O5/c1-30(2,3)42-29(39)35-13-11-21(12-14-35)27-26(20-32-36(27)25-6-4-5-22(31)19-25)28(38)34-17-15-33(16-18-34)23-7-9-24(10-8-23)37(40)41/h4-10,19-21H,11-18H2,1-3H3. The average Bonchev–Trinajstić information content (AvgIpc) is 3.41. The summed E-state index contributed by atoms with van der Waals surface area (Å²) in [5.41, 5.74) is 2.02. The first-order valence-electron chi connectivity index (χ1n) is 14.1. The van der Waals surface area contributed by atoms with E-state index < -0.39 is 16.3 Å². The summed E-state index contributed by atoms with van der Waals surface area (Å²) in [6, 6.07) is 12.5. The number of ether oxygens (including phenoxy) is 1. The number of piperidine rings is 1. The molecule has 2 aliphatic rings. The summed E-state index contributed by atoms with van der Waals surface area (Å²) in [6.07, 6.45) is 2.41. The number of carbonyl (C=O) groups is 2. The van der Waals surface area contributed by atoms with Gasteiger partial charge in [-0.15, -0.1) is 0 Å². The van der Waals surface area contributed by atoms with E-state index in [0.717, 1.165) is 5.69 Å². The van der Waals surface area contributed by atoms with Crippen molar-refractivity contribution in [3.05, 3.63) is 81.9 Å². The molecule has 42 heavy (non-hydrogen) atoms. The van der Waals surface area contributed by atoms with E-state index in [1.165, 1.54) is 24.3 Å². The minimum absolute atomic E-state index is 0.0346. The fraction of sp³-hybridized carbons (Fsp3) is 0.433. The molecule has 0 aliphatic carbocycles. The molecule has 2 fully saturated rings. The molecule has 0 bridgehead atoms. The van der Waals surface area contributed by atoms with Gasteiger partial charge in [0, 0.05) is 63.0 Å². The number of benzene rings is 2. The summed E-state index contributed by atoms with van der Waals surface area (Å²) in [4.78, 5) is 42.7. The number of carbonyl (C=O) groups excluding carboxylic acids is 2. The molecule has 11 nitrogen and oxygen atoms in total. The van der Waals surface area contributed by atoms with Gasteiger partial charge in [-0.25, -0.2) is 13.9 Å². The van der Waals surface area contributed by atoms with Crippen molar-refractivity contribution in [1.29, 1.82) is 0 Å². The summed E-state index contributed by atoms with van der Waals surface area (Å²) in [5, 5.41) is 15.5. The van der Waals surface area contributed by atoms with Gasteiger partial charge in [-0.3, -0.25) is 14.9 Å². The first-order chi connectivity index (χ1) is 20.0. The summed E-state index contributed by atoms with van der Waals surface area (Å²) < 4.78 is 21.4. The largest absolute Gasteiger partial charge is 0.444 e. The first kappa shape index (κ1) is 29.0. The molecule has 0 saturated carbocycles. The lowest BCUT2D eigenvalue weighted by Crippen LogP contribution is -2.49. The number of hydrogen-bond acceptors (Lipinski definition) is 7. The van der Waals surface area contributed by atoms with Crippen molar-refractivity contribution in [2.45, 2.75) is 45.1 Å². The van der Waals surface area contributed by atoms with Gasteiger partial charge in [0.25, 0.3) is 11.6 Å². The van der Waals surface area contributed by atoms with Gasteiger partial charge in [0.15, 0.2) is 0 Å². The molecule has 0 spiro atoms. The quantitative estimate of drug-likeness (QED) is 0.309. The Morgan fingerprint density at radius 2 is 1.62 bits per heavy atom. The maximum atomic E-state index is 14.2. The van der Waals surface area contributed by atoms with Crippen LogP contribution in [0, 0.1) is 15.9 Å². The second-order valence-electron chi connectivity index (χ2n) is 11.6. The van der Waals surface area contributed by atoms with Gasteiger partial charge >= 0.3 is 6.09 Å². The van der Waals surface area contributed by atoms with Crippen molar-refractivity contribution in [2.24, 2.45) is 0 Å². The molecule has 2 aliphatic heterocycles. The van der Waals surface area contributed by atoms with Crippen LogP contribution in [0.15, 0.2) is 54.7 Å². The number of anilines is 1. The molecule has 2 aromatic carbocycles. The molecule has 5 rings (SSSR count). The maximum Gasteiger partial charge on any atom is 0.410 e. The van der Waals surface area contributed by atoms with Crippen LogP contribution in [0.25, 0.3) is 5.69 Å². The third-order valence-corrected chi connectivity index (χ3v) is 7.62. The first-order valence-corrected chi connectivity index (χ1v) is 14.1. The minimum atomic E-state index is -0.591. The topological polar surface area (TPSA) is 114 Å². The highest BCUT2D eigenvalue weighted by molar-refractivity contribution is 5.95. The Morgan fingerprint density at radius 3 is 2.21 bits per heavy atom. The predicted octanol–water partition coefficient (Wildman–Crippen LogP) is 5.00. The Kier molecular flexibility index (Phi) is 8.15. The maximum absolute atomic E-state index is 14.2. The number of nitrogens with zero attached hydrogens (tertiary/aromatic N) is 6. The van der Waals surface area contributed by atoms with Crippen molar-refractivity contribution < 1.29 is 23.6 Å². The Morgan fingerprint density at radius 1 is 0.952 bits per heavy atom. The van der Waals surface area contributed by atoms with Gasteiger partial charge in [0.1, 0.15) is 11.4 Å². The molecule has 0 radical (unpaired) electrons. The Balaban J connectivity index is 1.34. The molecule has 1 aromatic heterocycles. The van der Waals surface area contributed by atoms with E-state index in [9.17, 15) is 24.1 Å².